The molecule has 0 fully saturated rings. The molecule has 0 aliphatic rings. The van der Waals surface area contributed by atoms with Crippen LogP contribution in [0.3, 0.4) is 0 Å². The lowest BCUT2D eigenvalue weighted by Gasteiger charge is -2.14. The Kier molecular flexibility index (Phi) is 13.9. The first-order chi connectivity index (χ1) is 19.1. The Morgan fingerprint density at radius 1 is 0.897 bits per heavy atom. The first-order valence-electron chi connectivity index (χ1n) is 14.8. The third-order valence-corrected chi connectivity index (χ3v) is 8.01. The lowest BCUT2D eigenvalue weighted by atomic mass is 10.1. The van der Waals surface area contributed by atoms with Crippen LogP contribution in [0.5, 0.6) is 11.5 Å². The van der Waals surface area contributed by atoms with Gasteiger partial charge in [0.15, 0.2) is 12.7 Å². The molecule has 1 aromatic heterocycles. The van der Waals surface area contributed by atoms with Crippen LogP contribution in [0.4, 0.5) is 5.69 Å². The molecule has 39 heavy (non-hydrogen) atoms. The summed E-state index contributed by atoms with van der Waals surface area (Å²) in [7, 11) is 1.63. The first-order valence-corrected chi connectivity index (χ1v) is 15.6. The highest BCUT2D eigenvalue weighted by molar-refractivity contribution is 7.09. The average Bonchev–Trinajstić information content (AvgIpc) is 3.36. The van der Waals surface area contributed by atoms with E-state index in [1.807, 2.05) is 30.3 Å². The number of para-hydroxylation sites is 1. The van der Waals surface area contributed by atoms with Crippen LogP contribution >= 0.6 is 11.3 Å². The van der Waals surface area contributed by atoms with Crippen molar-refractivity contribution < 1.29 is 18.8 Å². The van der Waals surface area contributed by atoms with Crippen molar-refractivity contribution in [2.75, 3.05) is 19.0 Å². The van der Waals surface area contributed by atoms with E-state index in [2.05, 4.69) is 41.4 Å². The van der Waals surface area contributed by atoms with Gasteiger partial charge in [-0.3, -0.25) is 4.79 Å². The number of aromatic nitrogens is 1. The smallest absolute Gasteiger partial charge is 0.259 e. The molecule has 0 saturated heterocycles. The zero-order valence-electron chi connectivity index (χ0n) is 24.2. The third kappa shape index (κ3) is 10.7. The lowest BCUT2D eigenvalue weighted by Crippen LogP contribution is -2.34. The summed E-state index contributed by atoms with van der Waals surface area (Å²) in [4.78, 5) is 13.4. The number of thiazole rings is 1. The van der Waals surface area contributed by atoms with Gasteiger partial charge in [0.2, 0.25) is 5.01 Å². The van der Waals surface area contributed by atoms with Crippen molar-refractivity contribution in [3.63, 3.8) is 0 Å². The number of amides is 1. The summed E-state index contributed by atoms with van der Waals surface area (Å²) in [6, 6.07) is 13.4. The Balaban J connectivity index is 1.47. The molecule has 1 amide bonds. The quantitative estimate of drug-likeness (QED) is 0.120. The standard InChI is InChI=1S/C33H46N2O3S/c1-4-5-6-7-8-9-10-11-12-13-14-17-23-38-32-25-29(37-3)20-21-30(32)33(36)34-31-19-16-15-18-28(31)26-35-22-24-39-27(35)2/h15-16,18-22,24-25H,4-14,17,23,26H2,1-3H3/p+1. The number of hydrogen-bond acceptors (Lipinski definition) is 4. The summed E-state index contributed by atoms with van der Waals surface area (Å²) in [5.41, 5.74) is 2.39. The number of rotatable bonds is 19. The number of carbonyl (C=O) groups excluding carboxylic acids is 1. The molecule has 3 rings (SSSR count). The Labute approximate surface area is 239 Å². The zero-order valence-corrected chi connectivity index (χ0v) is 25.0. The van der Waals surface area contributed by atoms with Crippen LogP contribution in [0.15, 0.2) is 54.0 Å². The Morgan fingerprint density at radius 3 is 2.21 bits per heavy atom. The maximum Gasteiger partial charge on any atom is 0.259 e. The van der Waals surface area contributed by atoms with Gasteiger partial charge in [0.25, 0.3) is 5.91 Å². The van der Waals surface area contributed by atoms with Gasteiger partial charge in [-0.1, -0.05) is 107 Å². The summed E-state index contributed by atoms with van der Waals surface area (Å²) < 4.78 is 13.7. The van der Waals surface area contributed by atoms with E-state index in [-0.39, 0.29) is 5.91 Å². The van der Waals surface area contributed by atoms with Crippen LogP contribution in [0.25, 0.3) is 0 Å². The second-order valence-electron chi connectivity index (χ2n) is 10.3. The minimum Gasteiger partial charge on any atom is -0.497 e. The highest BCUT2D eigenvalue weighted by atomic mass is 32.1. The van der Waals surface area contributed by atoms with Gasteiger partial charge in [-0.15, -0.1) is 0 Å². The molecule has 212 valence electrons. The molecule has 2 aromatic carbocycles. The number of methoxy groups -OCH3 is 1. The van der Waals surface area contributed by atoms with Crippen LogP contribution in [0.2, 0.25) is 0 Å². The van der Waals surface area contributed by atoms with E-state index in [0.717, 1.165) is 24.1 Å². The number of benzene rings is 2. The van der Waals surface area contributed by atoms with Crippen molar-refractivity contribution in [2.24, 2.45) is 0 Å². The van der Waals surface area contributed by atoms with Crippen molar-refractivity contribution in [1.82, 2.24) is 0 Å². The Morgan fingerprint density at radius 2 is 1.56 bits per heavy atom. The molecular weight excluding hydrogens is 504 g/mol. The van der Waals surface area contributed by atoms with E-state index in [0.29, 0.717) is 30.2 Å². The number of unbranched alkanes of at least 4 members (excludes halogenated alkanes) is 11. The molecule has 1 N–H and O–H groups in total. The van der Waals surface area contributed by atoms with Crippen molar-refractivity contribution in [2.45, 2.75) is 97.4 Å². The molecule has 0 radical (unpaired) electrons. The lowest BCUT2D eigenvalue weighted by molar-refractivity contribution is -0.689. The highest BCUT2D eigenvalue weighted by Gasteiger charge is 2.17. The predicted molar refractivity (Wildman–Crippen MR) is 162 cm³/mol. The molecule has 3 aromatic rings. The van der Waals surface area contributed by atoms with Gasteiger partial charge in [0.05, 0.1) is 30.3 Å². The largest absolute Gasteiger partial charge is 0.497 e. The van der Waals surface area contributed by atoms with Crippen molar-refractivity contribution in [1.29, 1.82) is 0 Å². The number of anilines is 1. The van der Waals surface area contributed by atoms with E-state index in [1.165, 1.54) is 69.2 Å². The number of nitrogens with one attached hydrogen (secondary N) is 1. The van der Waals surface area contributed by atoms with Crippen LogP contribution in [0, 0.1) is 6.92 Å². The van der Waals surface area contributed by atoms with E-state index >= 15 is 0 Å². The molecule has 0 spiro atoms. The monoisotopic (exact) mass is 551 g/mol. The maximum atomic E-state index is 13.4. The number of aryl methyl sites for hydroxylation is 1. The topological polar surface area (TPSA) is 51.4 Å². The summed E-state index contributed by atoms with van der Waals surface area (Å²) in [6.07, 6.45) is 17.7. The SMILES string of the molecule is CCCCCCCCCCCCCCOc1cc(OC)ccc1C(=O)Nc1ccccc1C[n+]1ccsc1C. The van der Waals surface area contributed by atoms with Gasteiger partial charge < -0.3 is 14.8 Å². The number of nitrogens with zero attached hydrogens (tertiary/aromatic N) is 1. The molecule has 0 bridgehead atoms. The molecule has 0 unspecified atom stereocenters. The number of carbonyl (C=O) groups is 1. The normalized spacial score (nSPS) is 10.9. The van der Waals surface area contributed by atoms with Gasteiger partial charge >= 0.3 is 0 Å². The van der Waals surface area contributed by atoms with Gasteiger partial charge in [0, 0.05) is 18.6 Å². The molecular formula is C33H47N2O3S+. The second-order valence-corrected chi connectivity index (χ2v) is 11.4. The minimum absolute atomic E-state index is 0.179. The minimum atomic E-state index is -0.179. The van der Waals surface area contributed by atoms with E-state index < -0.39 is 0 Å². The van der Waals surface area contributed by atoms with E-state index in [9.17, 15) is 4.79 Å². The molecule has 0 atom stereocenters. The first kappa shape index (κ1) is 30.7. The van der Waals surface area contributed by atoms with Gasteiger partial charge in [-0.2, -0.15) is 4.57 Å². The summed E-state index contributed by atoms with van der Waals surface area (Å²) >= 11 is 1.71. The average molecular weight is 552 g/mol. The molecule has 5 nitrogen and oxygen atoms in total. The molecule has 1 heterocycles. The maximum absolute atomic E-state index is 13.4. The molecule has 6 heteroatoms. The summed E-state index contributed by atoms with van der Waals surface area (Å²) in [6.45, 7) is 5.67. The fourth-order valence-electron chi connectivity index (χ4n) is 4.75. The van der Waals surface area contributed by atoms with E-state index in [1.54, 1.807) is 24.5 Å². The summed E-state index contributed by atoms with van der Waals surface area (Å²) in [5, 5.41) is 6.42. The molecule has 0 saturated carbocycles. The van der Waals surface area contributed by atoms with Gasteiger partial charge in [-0.05, 0) is 24.6 Å². The highest BCUT2D eigenvalue weighted by Crippen LogP contribution is 2.27. The Hall–Kier alpha value is -2.86. The fourth-order valence-corrected chi connectivity index (χ4v) is 5.42. The van der Waals surface area contributed by atoms with Crippen LogP contribution < -0.4 is 19.4 Å². The second kappa shape index (κ2) is 17.7. The number of ether oxygens (including phenoxy) is 2. The van der Waals surface area contributed by atoms with Crippen LogP contribution in [-0.4, -0.2) is 19.6 Å². The zero-order chi connectivity index (χ0) is 27.7. The van der Waals surface area contributed by atoms with Crippen molar-refractivity contribution >= 4 is 22.9 Å². The van der Waals surface area contributed by atoms with Crippen LogP contribution in [-0.2, 0) is 6.54 Å². The van der Waals surface area contributed by atoms with Gasteiger partial charge in [-0.25, -0.2) is 0 Å². The third-order valence-electron chi connectivity index (χ3n) is 7.18. The number of hydrogen-bond donors (Lipinski definition) is 1. The van der Waals surface area contributed by atoms with Crippen molar-refractivity contribution in [3.8, 4) is 11.5 Å². The van der Waals surface area contributed by atoms with Crippen molar-refractivity contribution in [3.05, 3.63) is 70.2 Å². The predicted octanol–water partition coefficient (Wildman–Crippen LogP) is 8.73. The van der Waals surface area contributed by atoms with E-state index in [4.69, 9.17) is 9.47 Å². The Bertz CT molecular complexity index is 1130. The summed E-state index contributed by atoms with van der Waals surface area (Å²) in [5.74, 6) is 1.07. The molecule has 0 aliphatic heterocycles. The van der Waals surface area contributed by atoms with Crippen LogP contribution in [0.1, 0.15) is 105 Å². The molecule has 0 aliphatic carbocycles. The van der Waals surface area contributed by atoms with Gasteiger partial charge in [0.1, 0.15) is 11.5 Å². The fraction of sp³-hybridized carbons (Fsp3) is 0.515.